The summed E-state index contributed by atoms with van der Waals surface area (Å²) in [5, 5.41) is 7.21. The molecule has 0 aromatic heterocycles. The normalized spacial score (nSPS) is 17.8. The molecule has 2 aromatic rings. The maximum atomic E-state index is 12.8. The average molecular weight is 446 g/mol. The number of rotatable bonds is 7. The molecule has 0 saturated carbocycles. The molecule has 2 aliphatic heterocycles. The van der Waals surface area contributed by atoms with E-state index in [-0.39, 0.29) is 24.1 Å². The zero-order chi connectivity index (χ0) is 21.1. The first-order valence-electron chi connectivity index (χ1n) is 10.5. The number of hydrogen-bond donors (Lipinski definition) is 2. The molecule has 0 bridgehead atoms. The largest absolute Gasteiger partial charge is 0.496 e. The minimum Gasteiger partial charge on any atom is -0.496 e. The molecular weight excluding hydrogens is 418 g/mol. The van der Waals surface area contributed by atoms with Gasteiger partial charge in [0.05, 0.1) is 12.7 Å². The second-order valence-electron chi connectivity index (χ2n) is 8.11. The SMILES string of the molecule is COc1cc2ccccc2cc1C(=O)CCCCN1CCC2(CC1)NC(=O)NC2=O.Cl. The van der Waals surface area contributed by atoms with Crippen molar-refractivity contribution in [3.05, 3.63) is 42.0 Å². The monoisotopic (exact) mass is 445 g/mol. The highest BCUT2D eigenvalue weighted by Crippen LogP contribution is 2.28. The molecule has 0 aliphatic carbocycles. The number of carbonyl (C=O) groups is 3. The molecule has 4 rings (SSSR count). The lowest BCUT2D eigenvalue weighted by Gasteiger charge is -2.36. The van der Waals surface area contributed by atoms with Crippen LogP contribution >= 0.6 is 12.4 Å². The summed E-state index contributed by atoms with van der Waals surface area (Å²) < 4.78 is 5.45. The van der Waals surface area contributed by atoms with Gasteiger partial charge in [-0.25, -0.2) is 4.79 Å². The van der Waals surface area contributed by atoms with Gasteiger partial charge in [0.25, 0.3) is 5.91 Å². The van der Waals surface area contributed by atoms with Crippen LogP contribution in [0.1, 0.15) is 42.5 Å². The lowest BCUT2D eigenvalue weighted by atomic mass is 9.87. The highest BCUT2D eigenvalue weighted by atomic mass is 35.5. The Hall–Kier alpha value is -2.64. The third-order valence-electron chi connectivity index (χ3n) is 6.22. The van der Waals surface area contributed by atoms with Gasteiger partial charge in [-0.1, -0.05) is 24.3 Å². The molecule has 2 heterocycles. The molecule has 3 amide bonds. The topological polar surface area (TPSA) is 87.7 Å². The Balaban J connectivity index is 0.00000272. The van der Waals surface area contributed by atoms with Crippen LogP contribution in [0.2, 0.25) is 0 Å². The van der Waals surface area contributed by atoms with Crippen LogP contribution in [0.25, 0.3) is 10.8 Å². The molecule has 166 valence electrons. The lowest BCUT2D eigenvalue weighted by molar-refractivity contribution is -0.125. The van der Waals surface area contributed by atoms with E-state index in [1.807, 2.05) is 36.4 Å². The minimum absolute atomic E-state index is 0. The molecule has 0 unspecified atom stereocenters. The molecule has 2 saturated heterocycles. The van der Waals surface area contributed by atoms with Crippen molar-refractivity contribution in [1.82, 2.24) is 15.5 Å². The van der Waals surface area contributed by atoms with Crippen molar-refractivity contribution in [3.63, 3.8) is 0 Å². The molecule has 1 spiro atoms. The van der Waals surface area contributed by atoms with E-state index in [0.717, 1.165) is 43.2 Å². The number of amides is 3. The summed E-state index contributed by atoms with van der Waals surface area (Å²) in [6.07, 6.45) is 3.43. The fraction of sp³-hybridized carbons (Fsp3) is 0.435. The van der Waals surface area contributed by atoms with Gasteiger partial charge in [-0.05, 0) is 55.1 Å². The predicted octanol–water partition coefficient (Wildman–Crippen LogP) is 3.30. The smallest absolute Gasteiger partial charge is 0.322 e. The second kappa shape index (κ2) is 9.66. The summed E-state index contributed by atoms with van der Waals surface area (Å²) in [6.45, 7) is 2.41. The summed E-state index contributed by atoms with van der Waals surface area (Å²) in [7, 11) is 1.59. The van der Waals surface area contributed by atoms with Crippen molar-refractivity contribution in [2.24, 2.45) is 0 Å². The molecule has 2 N–H and O–H groups in total. The first-order valence-corrected chi connectivity index (χ1v) is 10.5. The Labute approximate surface area is 187 Å². The standard InChI is InChI=1S/C23H27N3O4.ClH/c1-30-20-15-17-7-3-2-6-16(17)14-18(20)19(27)8-4-5-11-26-12-9-23(10-13-26)21(28)24-22(29)25-23;/h2-3,6-7,14-15H,4-5,8-13H2,1H3,(H2,24,25,28,29);1H. The number of likely N-dealkylation sites (tertiary alicyclic amines) is 1. The van der Waals surface area contributed by atoms with E-state index in [2.05, 4.69) is 15.5 Å². The predicted molar refractivity (Wildman–Crippen MR) is 121 cm³/mol. The van der Waals surface area contributed by atoms with E-state index in [4.69, 9.17) is 4.74 Å². The zero-order valence-corrected chi connectivity index (χ0v) is 18.4. The number of halogens is 1. The molecule has 31 heavy (non-hydrogen) atoms. The van der Waals surface area contributed by atoms with Gasteiger partial charge in [0.2, 0.25) is 0 Å². The number of hydrogen-bond acceptors (Lipinski definition) is 5. The van der Waals surface area contributed by atoms with Crippen LogP contribution in [-0.2, 0) is 4.79 Å². The Kier molecular flexibility index (Phi) is 7.18. The third-order valence-corrected chi connectivity index (χ3v) is 6.22. The van der Waals surface area contributed by atoms with Crippen LogP contribution in [0.3, 0.4) is 0 Å². The van der Waals surface area contributed by atoms with Crippen LogP contribution in [0, 0.1) is 0 Å². The van der Waals surface area contributed by atoms with Crippen molar-refractivity contribution in [3.8, 4) is 5.75 Å². The number of nitrogens with one attached hydrogen (secondary N) is 2. The van der Waals surface area contributed by atoms with Crippen molar-refractivity contribution < 1.29 is 19.1 Å². The van der Waals surface area contributed by atoms with Crippen molar-refractivity contribution in [2.75, 3.05) is 26.7 Å². The van der Waals surface area contributed by atoms with E-state index in [0.29, 0.717) is 30.6 Å². The summed E-state index contributed by atoms with van der Waals surface area (Å²) in [6, 6.07) is 11.4. The van der Waals surface area contributed by atoms with Crippen LogP contribution in [-0.4, -0.2) is 54.9 Å². The van der Waals surface area contributed by atoms with Gasteiger partial charge in [-0.2, -0.15) is 0 Å². The van der Waals surface area contributed by atoms with E-state index in [9.17, 15) is 14.4 Å². The van der Waals surface area contributed by atoms with Gasteiger partial charge >= 0.3 is 6.03 Å². The number of benzene rings is 2. The van der Waals surface area contributed by atoms with Crippen LogP contribution in [0.4, 0.5) is 4.79 Å². The van der Waals surface area contributed by atoms with Gasteiger partial charge in [0.1, 0.15) is 11.3 Å². The summed E-state index contributed by atoms with van der Waals surface area (Å²) in [4.78, 5) is 38.5. The minimum atomic E-state index is -0.726. The number of ketones is 1. The zero-order valence-electron chi connectivity index (χ0n) is 17.6. The van der Waals surface area contributed by atoms with E-state index >= 15 is 0 Å². The van der Waals surface area contributed by atoms with Crippen LogP contribution in [0.5, 0.6) is 5.75 Å². The Morgan fingerprint density at radius 3 is 2.39 bits per heavy atom. The molecule has 2 aliphatic rings. The molecule has 8 heteroatoms. The maximum absolute atomic E-state index is 12.8. The number of carbonyl (C=O) groups excluding carboxylic acids is 3. The number of fused-ring (bicyclic) bond motifs is 1. The highest BCUT2D eigenvalue weighted by Gasteiger charge is 2.47. The second-order valence-corrected chi connectivity index (χ2v) is 8.11. The van der Waals surface area contributed by atoms with Crippen molar-refractivity contribution >= 4 is 40.9 Å². The average Bonchev–Trinajstić information content (AvgIpc) is 3.03. The Morgan fingerprint density at radius 2 is 1.77 bits per heavy atom. The van der Waals surface area contributed by atoms with Crippen LogP contribution in [0.15, 0.2) is 36.4 Å². The molecular formula is C23H28ClN3O4. The third kappa shape index (κ3) is 4.83. The van der Waals surface area contributed by atoms with Crippen molar-refractivity contribution in [2.45, 2.75) is 37.6 Å². The molecule has 2 fully saturated rings. The number of methoxy groups -OCH3 is 1. The molecule has 2 aromatic carbocycles. The number of imide groups is 1. The first kappa shape index (κ1) is 23.0. The van der Waals surface area contributed by atoms with Gasteiger partial charge in [-0.15, -0.1) is 12.4 Å². The lowest BCUT2D eigenvalue weighted by Crippen LogP contribution is -2.54. The number of unbranched alkanes of at least 4 members (excludes halogenated alkanes) is 1. The van der Waals surface area contributed by atoms with Gasteiger partial charge in [-0.3, -0.25) is 14.9 Å². The van der Waals surface area contributed by atoms with Gasteiger partial charge < -0.3 is 15.0 Å². The molecule has 7 nitrogen and oxygen atoms in total. The Bertz CT molecular complexity index is 986. The Morgan fingerprint density at radius 1 is 1.10 bits per heavy atom. The van der Waals surface area contributed by atoms with Crippen LogP contribution < -0.4 is 15.4 Å². The fourth-order valence-electron chi connectivity index (χ4n) is 4.40. The fourth-order valence-corrected chi connectivity index (χ4v) is 4.40. The quantitative estimate of drug-likeness (QED) is 0.388. The first-order chi connectivity index (χ1) is 14.5. The highest BCUT2D eigenvalue weighted by molar-refractivity contribution is 6.07. The van der Waals surface area contributed by atoms with Gasteiger partial charge in [0.15, 0.2) is 5.78 Å². The van der Waals surface area contributed by atoms with Gasteiger partial charge in [0, 0.05) is 19.5 Å². The molecule has 0 atom stereocenters. The summed E-state index contributed by atoms with van der Waals surface area (Å²) in [5.41, 5.74) is -0.0879. The number of nitrogens with zero attached hydrogens (tertiary/aromatic N) is 1. The molecule has 0 radical (unpaired) electrons. The number of urea groups is 1. The van der Waals surface area contributed by atoms with E-state index < -0.39 is 11.6 Å². The maximum Gasteiger partial charge on any atom is 0.322 e. The summed E-state index contributed by atoms with van der Waals surface area (Å²) >= 11 is 0. The summed E-state index contributed by atoms with van der Waals surface area (Å²) in [5.74, 6) is 0.513. The van der Waals surface area contributed by atoms with Crippen molar-refractivity contribution in [1.29, 1.82) is 0 Å². The van der Waals surface area contributed by atoms with E-state index in [1.165, 1.54) is 0 Å². The van der Waals surface area contributed by atoms with E-state index in [1.54, 1.807) is 7.11 Å². The number of ether oxygens (including phenoxy) is 1. The number of Topliss-reactive ketones (excluding diaryl/α,β-unsaturated/α-hetero) is 1. The number of piperidine rings is 1.